The molecule has 3 rings (SSSR count). The van der Waals surface area contributed by atoms with Gasteiger partial charge in [0.2, 0.25) is 0 Å². The highest BCUT2D eigenvalue weighted by atomic mass is 16.5. The summed E-state index contributed by atoms with van der Waals surface area (Å²) >= 11 is 0. The summed E-state index contributed by atoms with van der Waals surface area (Å²) < 4.78 is 4.68. The Morgan fingerprint density at radius 1 is 1.11 bits per heavy atom. The van der Waals surface area contributed by atoms with E-state index in [-0.39, 0.29) is 18.0 Å². The van der Waals surface area contributed by atoms with Crippen LogP contribution in [-0.4, -0.2) is 68.5 Å². The summed E-state index contributed by atoms with van der Waals surface area (Å²) in [5, 5.41) is 21.5. The van der Waals surface area contributed by atoms with Crippen molar-refractivity contribution in [2.24, 2.45) is 11.8 Å². The van der Waals surface area contributed by atoms with E-state index in [4.69, 9.17) is 0 Å². The molecule has 1 aliphatic heterocycles. The average molecular weight is 531 g/mol. The van der Waals surface area contributed by atoms with Gasteiger partial charge in [-0.15, -0.1) is 0 Å². The van der Waals surface area contributed by atoms with Gasteiger partial charge >= 0.3 is 12.1 Å². The van der Waals surface area contributed by atoms with Crippen LogP contribution in [0.25, 0.3) is 0 Å². The number of benzene rings is 1. The molecule has 214 valence electrons. The maximum absolute atomic E-state index is 13.5. The van der Waals surface area contributed by atoms with E-state index in [2.05, 4.69) is 38.9 Å². The molecule has 8 nitrogen and oxygen atoms in total. The van der Waals surface area contributed by atoms with Crippen molar-refractivity contribution < 1.29 is 19.4 Å². The first-order chi connectivity index (χ1) is 18.2. The second-order valence-electron chi connectivity index (χ2n) is 11.6. The van der Waals surface area contributed by atoms with Crippen LogP contribution in [-0.2, 0) is 10.3 Å². The number of rotatable bonds is 11. The zero-order valence-electron chi connectivity index (χ0n) is 24.0. The lowest BCUT2D eigenvalue weighted by Gasteiger charge is -2.43. The van der Waals surface area contributed by atoms with Gasteiger partial charge in [-0.25, -0.2) is 9.59 Å². The van der Waals surface area contributed by atoms with E-state index >= 15 is 0 Å². The van der Waals surface area contributed by atoms with Gasteiger partial charge in [0.1, 0.15) is 0 Å². The Morgan fingerprint density at radius 2 is 1.82 bits per heavy atom. The van der Waals surface area contributed by atoms with Crippen LogP contribution in [0.1, 0.15) is 80.9 Å². The van der Waals surface area contributed by atoms with Crippen molar-refractivity contribution in [2.45, 2.75) is 89.7 Å². The van der Waals surface area contributed by atoms with E-state index in [1.165, 1.54) is 39.2 Å². The van der Waals surface area contributed by atoms with E-state index in [1.54, 1.807) is 0 Å². The van der Waals surface area contributed by atoms with E-state index in [0.29, 0.717) is 38.4 Å². The Bertz CT molecular complexity index is 884. The normalized spacial score (nSPS) is 20.9. The molecule has 8 heteroatoms. The van der Waals surface area contributed by atoms with E-state index in [9.17, 15) is 14.7 Å². The molecule has 1 saturated carbocycles. The van der Waals surface area contributed by atoms with Crippen LogP contribution >= 0.6 is 0 Å². The Morgan fingerprint density at radius 3 is 2.47 bits per heavy atom. The summed E-state index contributed by atoms with van der Waals surface area (Å²) in [7, 11) is 3.29. The van der Waals surface area contributed by atoms with Crippen LogP contribution in [0, 0.1) is 25.7 Å². The number of piperidine rings is 1. The van der Waals surface area contributed by atoms with Gasteiger partial charge in [0.25, 0.3) is 0 Å². The Balaban J connectivity index is 1.71. The quantitative estimate of drug-likeness (QED) is 0.313. The van der Waals surface area contributed by atoms with Crippen molar-refractivity contribution in [1.29, 1.82) is 0 Å². The molecule has 2 fully saturated rings. The number of urea groups is 1. The first-order valence-corrected chi connectivity index (χ1v) is 14.6. The molecule has 4 N–H and O–H groups in total. The molecule has 0 spiro atoms. The minimum atomic E-state index is -1.10. The summed E-state index contributed by atoms with van der Waals surface area (Å²) in [6.45, 7) is 6.48. The number of aliphatic hydroxyl groups is 1. The van der Waals surface area contributed by atoms with Crippen LogP contribution < -0.4 is 16.0 Å². The van der Waals surface area contributed by atoms with Crippen molar-refractivity contribution in [1.82, 2.24) is 20.9 Å². The number of carbonyl (C=O) groups excluding carboxylic acids is 2. The van der Waals surface area contributed by atoms with Gasteiger partial charge in [-0.1, -0.05) is 61.4 Å². The molecular formula is C30H50N4O4. The molecule has 3 unspecified atom stereocenters. The number of aryl methyl sites for hydroxylation is 2. The van der Waals surface area contributed by atoms with Gasteiger partial charge in [-0.3, -0.25) is 0 Å². The van der Waals surface area contributed by atoms with Crippen LogP contribution in [0.3, 0.4) is 0 Å². The van der Waals surface area contributed by atoms with Gasteiger partial charge in [-0.05, 0) is 64.5 Å². The molecule has 1 aromatic rings. The minimum Gasteiger partial charge on any atom is -0.453 e. The number of carbonyl (C=O) groups is 2. The SMILES string of the molecule is CNCC(CC1CCCCC1)NC(=O)N1CCCC(C(O)(CCCNC(=O)OC)c2cc(C)cc(C)c2)C1. The summed E-state index contributed by atoms with van der Waals surface area (Å²) in [6, 6.07) is 6.32. The number of nitrogens with one attached hydrogen (secondary N) is 3. The monoisotopic (exact) mass is 530 g/mol. The molecule has 1 aromatic carbocycles. The van der Waals surface area contributed by atoms with Crippen LogP contribution in [0.5, 0.6) is 0 Å². The molecule has 1 aliphatic carbocycles. The number of likely N-dealkylation sites (tertiary alicyclic amines) is 1. The number of ether oxygens (including phenoxy) is 1. The maximum Gasteiger partial charge on any atom is 0.406 e. The number of likely N-dealkylation sites (N-methyl/N-ethyl adjacent to an activating group) is 1. The number of amides is 3. The van der Waals surface area contributed by atoms with Crippen molar-refractivity contribution in [3.8, 4) is 0 Å². The van der Waals surface area contributed by atoms with E-state index < -0.39 is 11.7 Å². The minimum absolute atomic E-state index is 0.0270. The Labute approximate surface area is 229 Å². The number of methoxy groups -OCH3 is 1. The van der Waals surface area contributed by atoms with E-state index in [1.807, 2.05) is 25.8 Å². The van der Waals surface area contributed by atoms with Gasteiger partial charge < -0.3 is 30.7 Å². The van der Waals surface area contributed by atoms with Gasteiger partial charge in [-0.2, -0.15) is 0 Å². The van der Waals surface area contributed by atoms with Crippen LogP contribution in [0.4, 0.5) is 9.59 Å². The second kappa shape index (κ2) is 14.7. The van der Waals surface area contributed by atoms with Gasteiger partial charge in [0.15, 0.2) is 0 Å². The molecule has 1 saturated heterocycles. The smallest absolute Gasteiger partial charge is 0.406 e. The molecule has 1 heterocycles. The fourth-order valence-corrected chi connectivity index (χ4v) is 6.51. The highest BCUT2D eigenvalue weighted by molar-refractivity contribution is 5.74. The van der Waals surface area contributed by atoms with Crippen molar-refractivity contribution in [3.05, 3.63) is 34.9 Å². The molecule has 0 aromatic heterocycles. The van der Waals surface area contributed by atoms with Crippen molar-refractivity contribution in [2.75, 3.05) is 40.3 Å². The lowest BCUT2D eigenvalue weighted by atomic mass is 9.73. The average Bonchev–Trinajstić information content (AvgIpc) is 2.91. The fourth-order valence-electron chi connectivity index (χ4n) is 6.51. The van der Waals surface area contributed by atoms with Crippen LogP contribution in [0.15, 0.2) is 18.2 Å². The highest BCUT2D eigenvalue weighted by Gasteiger charge is 2.41. The highest BCUT2D eigenvalue weighted by Crippen LogP contribution is 2.40. The predicted octanol–water partition coefficient (Wildman–Crippen LogP) is 4.61. The van der Waals surface area contributed by atoms with E-state index in [0.717, 1.165) is 42.5 Å². The largest absolute Gasteiger partial charge is 0.453 e. The zero-order chi connectivity index (χ0) is 27.5. The number of hydrogen-bond acceptors (Lipinski definition) is 5. The number of hydrogen-bond donors (Lipinski definition) is 4. The molecule has 38 heavy (non-hydrogen) atoms. The lowest BCUT2D eigenvalue weighted by Crippen LogP contribution is -2.54. The Hall–Kier alpha value is -2.32. The van der Waals surface area contributed by atoms with Gasteiger partial charge in [0.05, 0.1) is 12.7 Å². The standard InChI is InChI=1S/C30H50N4O4/c1-22-16-23(2)18-26(17-22)30(37,13-9-14-32-29(36)38-4)25-12-8-15-34(21-25)28(35)33-27(20-31-3)19-24-10-6-5-7-11-24/h16-18,24-25,27,31,37H,5-15,19-21H2,1-4H3,(H,32,36)(H,33,35). The molecule has 0 bridgehead atoms. The number of nitrogens with zero attached hydrogens (tertiary/aromatic N) is 1. The third-order valence-electron chi connectivity index (χ3n) is 8.42. The second-order valence-corrected chi connectivity index (χ2v) is 11.6. The molecule has 3 amide bonds. The molecular weight excluding hydrogens is 480 g/mol. The third-order valence-corrected chi connectivity index (χ3v) is 8.42. The Kier molecular flexibility index (Phi) is 11.7. The lowest BCUT2D eigenvalue weighted by molar-refractivity contribution is -0.0553. The van der Waals surface area contributed by atoms with Crippen molar-refractivity contribution >= 4 is 12.1 Å². The molecule has 3 atom stereocenters. The summed E-state index contributed by atoms with van der Waals surface area (Å²) in [5.41, 5.74) is 2.01. The summed E-state index contributed by atoms with van der Waals surface area (Å²) in [4.78, 5) is 26.9. The fraction of sp³-hybridized carbons (Fsp3) is 0.733. The zero-order valence-corrected chi connectivity index (χ0v) is 24.0. The van der Waals surface area contributed by atoms with Crippen LogP contribution in [0.2, 0.25) is 0 Å². The topological polar surface area (TPSA) is 103 Å². The molecule has 0 radical (unpaired) electrons. The van der Waals surface area contributed by atoms with Crippen molar-refractivity contribution in [3.63, 3.8) is 0 Å². The van der Waals surface area contributed by atoms with Gasteiger partial charge in [0, 0.05) is 38.1 Å². The maximum atomic E-state index is 13.5. The first-order valence-electron chi connectivity index (χ1n) is 14.6. The number of alkyl carbamates (subject to hydrolysis) is 1. The summed E-state index contributed by atoms with van der Waals surface area (Å²) in [6.07, 6.45) is 9.79. The first kappa shape index (κ1) is 30.2. The molecule has 2 aliphatic rings. The summed E-state index contributed by atoms with van der Waals surface area (Å²) in [5.74, 6) is 0.590. The predicted molar refractivity (Wildman–Crippen MR) is 151 cm³/mol. The third kappa shape index (κ3) is 8.60.